The highest BCUT2D eigenvalue weighted by Gasteiger charge is 2.15. The molecule has 0 spiro atoms. The third-order valence-electron chi connectivity index (χ3n) is 2.08. The molecule has 4 heteroatoms. The van der Waals surface area contributed by atoms with Crippen molar-refractivity contribution in [1.29, 1.82) is 0 Å². The van der Waals surface area contributed by atoms with Crippen molar-refractivity contribution in [3.05, 3.63) is 29.4 Å². The molecule has 3 nitrogen and oxygen atoms in total. The number of aromatic nitrogens is 1. The number of aryl methyl sites for hydroxylation is 1. The van der Waals surface area contributed by atoms with Crippen LogP contribution in [0.2, 0.25) is 0 Å². The monoisotopic (exact) mass is 195 g/mol. The standard InChI is InChI=1S/C10H10FNO2/c1-5(13)7-3-4-8-10(9(7)11)14-6(2)12-8/h3-5,13H,1-2H3. The zero-order valence-electron chi connectivity index (χ0n) is 7.91. The van der Waals surface area contributed by atoms with Gasteiger partial charge in [-0.15, -0.1) is 0 Å². The molecule has 0 amide bonds. The number of aliphatic hydroxyl groups excluding tert-OH is 1. The molecular weight excluding hydrogens is 185 g/mol. The number of benzene rings is 1. The predicted octanol–water partition coefficient (Wildman–Crippen LogP) is 2.33. The SMILES string of the molecule is Cc1nc2ccc(C(C)O)c(F)c2o1. The zero-order valence-corrected chi connectivity index (χ0v) is 7.91. The lowest BCUT2D eigenvalue weighted by molar-refractivity contribution is 0.194. The Labute approximate surface area is 80.2 Å². The van der Waals surface area contributed by atoms with Gasteiger partial charge < -0.3 is 9.52 Å². The van der Waals surface area contributed by atoms with E-state index in [1.165, 1.54) is 13.0 Å². The first-order chi connectivity index (χ1) is 6.59. The van der Waals surface area contributed by atoms with E-state index in [1.54, 1.807) is 13.0 Å². The maximum atomic E-state index is 13.6. The molecule has 0 saturated heterocycles. The molecular formula is C10H10FNO2. The summed E-state index contributed by atoms with van der Waals surface area (Å²) in [6.45, 7) is 3.16. The Hall–Kier alpha value is -1.42. The van der Waals surface area contributed by atoms with E-state index in [9.17, 15) is 9.50 Å². The van der Waals surface area contributed by atoms with E-state index in [4.69, 9.17) is 4.42 Å². The summed E-state index contributed by atoms with van der Waals surface area (Å²) in [7, 11) is 0. The number of hydrogen-bond acceptors (Lipinski definition) is 3. The molecule has 1 aromatic heterocycles. The number of halogens is 1. The van der Waals surface area contributed by atoms with Gasteiger partial charge in [0.2, 0.25) is 0 Å². The molecule has 1 heterocycles. The first-order valence-electron chi connectivity index (χ1n) is 4.33. The molecule has 1 unspecified atom stereocenters. The molecule has 0 bridgehead atoms. The van der Waals surface area contributed by atoms with Gasteiger partial charge in [0.05, 0.1) is 6.10 Å². The fourth-order valence-corrected chi connectivity index (χ4v) is 1.41. The van der Waals surface area contributed by atoms with E-state index in [-0.39, 0.29) is 11.1 Å². The first kappa shape index (κ1) is 9.15. The van der Waals surface area contributed by atoms with Gasteiger partial charge in [-0.25, -0.2) is 9.37 Å². The van der Waals surface area contributed by atoms with Gasteiger partial charge in [0.15, 0.2) is 17.3 Å². The summed E-state index contributed by atoms with van der Waals surface area (Å²) in [5.74, 6) is -0.111. The average molecular weight is 195 g/mol. The Bertz CT molecular complexity index is 476. The minimum atomic E-state index is -0.843. The Kier molecular flexibility index (Phi) is 2.00. The van der Waals surface area contributed by atoms with Gasteiger partial charge in [-0.3, -0.25) is 0 Å². The van der Waals surface area contributed by atoms with Crippen molar-refractivity contribution >= 4 is 11.1 Å². The van der Waals surface area contributed by atoms with Crippen molar-refractivity contribution in [3.8, 4) is 0 Å². The second-order valence-corrected chi connectivity index (χ2v) is 3.23. The Morgan fingerprint density at radius 1 is 1.50 bits per heavy atom. The number of nitrogens with zero attached hydrogens (tertiary/aromatic N) is 1. The van der Waals surface area contributed by atoms with Crippen LogP contribution in [0.5, 0.6) is 0 Å². The summed E-state index contributed by atoms with van der Waals surface area (Å²) >= 11 is 0. The molecule has 0 aliphatic carbocycles. The largest absolute Gasteiger partial charge is 0.438 e. The van der Waals surface area contributed by atoms with Gasteiger partial charge >= 0.3 is 0 Å². The summed E-state index contributed by atoms with van der Waals surface area (Å²) in [6.07, 6.45) is -0.843. The molecule has 2 aromatic rings. The van der Waals surface area contributed by atoms with Crippen molar-refractivity contribution in [3.63, 3.8) is 0 Å². The molecule has 0 fully saturated rings. The van der Waals surface area contributed by atoms with E-state index in [1.807, 2.05) is 0 Å². The highest BCUT2D eigenvalue weighted by Crippen LogP contribution is 2.25. The lowest BCUT2D eigenvalue weighted by Crippen LogP contribution is -1.95. The number of rotatable bonds is 1. The lowest BCUT2D eigenvalue weighted by atomic mass is 10.1. The average Bonchev–Trinajstić information content (AvgIpc) is 2.46. The van der Waals surface area contributed by atoms with Crippen LogP contribution in [0, 0.1) is 12.7 Å². The quantitative estimate of drug-likeness (QED) is 0.759. The Morgan fingerprint density at radius 2 is 2.21 bits per heavy atom. The summed E-state index contributed by atoms with van der Waals surface area (Å²) < 4.78 is 18.7. The third kappa shape index (κ3) is 1.28. The molecule has 74 valence electrons. The lowest BCUT2D eigenvalue weighted by Gasteiger charge is -2.04. The summed E-state index contributed by atoms with van der Waals surface area (Å²) in [5.41, 5.74) is 0.818. The fraction of sp³-hybridized carbons (Fsp3) is 0.300. The second kappa shape index (κ2) is 3.06. The van der Waals surface area contributed by atoms with Crippen LogP contribution in [0.1, 0.15) is 24.5 Å². The predicted molar refractivity (Wildman–Crippen MR) is 49.3 cm³/mol. The Balaban J connectivity index is 2.74. The number of hydrogen-bond donors (Lipinski definition) is 1. The van der Waals surface area contributed by atoms with E-state index >= 15 is 0 Å². The van der Waals surface area contributed by atoms with Crippen molar-refractivity contribution in [2.45, 2.75) is 20.0 Å². The van der Waals surface area contributed by atoms with E-state index in [0.29, 0.717) is 11.4 Å². The van der Waals surface area contributed by atoms with Gasteiger partial charge in [0.25, 0.3) is 0 Å². The smallest absolute Gasteiger partial charge is 0.192 e. The van der Waals surface area contributed by atoms with Crippen molar-refractivity contribution in [1.82, 2.24) is 4.98 Å². The van der Waals surface area contributed by atoms with E-state index in [2.05, 4.69) is 4.98 Å². The van der Waals surface area contributed by atoms with Crippen molar-refractivity contribution in [2.75, 3.05) is 0 Å². The summed E-state index contributed by atoms with van der Waals surface area (Å²) in [4.78, 5) is 3.99. The van der Waals surface area contributed by atoms with Crippen LogP contribution in [0.4, 0.5) is 4.39 Å². The molecule has 14 heavy (non-hydrogen) atoms. The summed E-state index contributed by atoms with van der Waals surface area (Å²) in [6, 6.07) is 3.15. The number of aliphatic hydroxyl groups is 1. The highest BCUT2D eigenvalue weighted by atomic mass is 19.1. The topological polar surface area (TPSA) is 46.3 Å². The molecule has 1 atom stereocenters. The normalized spacial score (nSPS) is 13.4. The van der Waals surface area contributed by atoms with Gasteiger partial charge in [-0.2, -0.15) is 0 Å². The second-order valence-electron chi connectivity index (χ2n) is 3.23. The highest BCUT2D eigenvalue weighted by molar-refractivity contribution is 5.74. The minimum Gasteiger partial charge on any atom is -0.438 e. The summed E-state index contributed by atoms with van der Waals surface area (Å²) in [5, 5.41) is 9.27. The van der Waals surface area contributed by atoms with Crippen molar-refractivity contribution < 1.29 is 13.9 Å². The van der Waals surface area contributed by atoms with E-state index < -0.39 is 11.9 Å². The Morgan fingerprint density at radius 3 is 2.86 bits per heavy atom. The van der Waals surface area contributed by atoms with Crippen LogP contribution >= 0.6 is 0 Å². The molecule has 0 aliphatic rings. The van der Waals surface area contributed by atoms with Gasteiger partial charge in [-0.05, 0) is 13.0 Å². The molecule has 2 rings (SSSR count). The van der Waals surface area contributed by atoms with Gasteiger partial charge in [-0.1, -0.05) is 6.07 Å². The van der Waals surface area contributed by atoms with Crippen LogP contribution in [-0.2, 0) is 0 Å². The third-order valence-corrected chi connectivity index (χ3v) is 2.08. The van der Waals surface area contributed by atoms with Gasteiger partial charge in [0.1, 0.15) is 5.52 Å². The molecule has 1 N–H and O–H groups in total. The molecule has 0 aliphatic heterocycles. The number of oxazole rings is 1. The van der Waals surface area contributed by atoms with Crippen LogP contribution < -0.4 is 0 Å². The van der Waals surface area contributed by atoms with E-state index in [0.717, 1.165) is 0 Å². The molecule has 1 aromatic carbocycles. The van der Waals surface area contributed by atoms with Gasteiger partial charge in [0, 0.05) is 12.5 Å². The van der Waals surface area contributed by atoms with Crippen LogP contribution in [0.3, 0.4) is 0 Å². The van der Waals surface area contributed by atoms with Crippen LogP contribution in [0.15, 0.2) is 16.5 Å². The fourth-order valence-electron chi connectivity index (χ4n) is 1.41. The molecule has 0 saturated carbocycles. The molecule has 0 radical (unpaired) electrons. The maximum absolute atomic E-state index is 13.6. The number of fused-ring (bicyclic) bond motifs is 1. The first-order valence-corrected chi connectivity index (χ1v) is 4.33. The van der Waals surface area contributed by atoms with Crippen molar-refractivity contribution in [2.24, 2.45) is 0 Å². The zero-order chi connectivity index (χ0) is 10.3. The van der Waals surface area contributed by atoms with Crippen LogP contribution in [0.25, 0.3) is 11.1 Å². The maximum Gasteiger partial charge on any atom is 0.192 e. The minimum absolute atomic E-state index is 0.112. The van der Waals surface area contributed by atoms with Crippen LogP contribution in [-0.4, -0.2) is 10.1 Å².